The molecular weight excluding hydrogens is 216 g/mol. The average Bonchev–Trinajstić information content (AvgIpc) is 2.37. The van der Waals surface area contributed by atoms with Gasteiger partial charge in [-0.1, -0.05) is 12.1 Å². The normalized spacial score (nSPS) is 9.94. The maximum Gasteiger partial charge on any atom is 0.223 e. The van der Waals surface area contributed by atoms with Crippen LogP contribution in [0.25, 0.3) is 0 Å². The first kappa shape index (κ1) is 13.4. The van der Waals surface area contributed by atoms with Gasteiger partial charge in [0.15, 0.2) is 0 Å². The summed E-state index contributed by atoms with van der Waals surface area (Å²) >= 11 is 0. The van der Waals surface area contributed by atoms with Crippen molar-refractivity contribution >= 4 is 5.91 Å². The summed E-state index contributed by atoms with van der Waals surface area (Å²) in [6, 6.07) is 5.65. The van der Waals surface area contributed by atoms with Crippen LogP contribution in [0.2, 0.25) is 0 Å². The molecule has 1 aromatic rings. The number of carbonyl (C=O) groups excluding carboxylic acids is 1. The lowest BCUT2D eigenvalue weighted by atomic mass is 10.2. The Bertz CT molecular complexity index is 352. The minimum atomic E-state index is -0.0246. The summed E-state index contributed by atoms with van der Waals surface area (Å²) in [6.45, 7) is 4.40. The summed E-state index contributed by atoms with van der Waals surface area (Å²) in [6.07, 6.45) is 4.41. The van der Waals surface area contributed by atoms with Crippen molar-refractivity contribution in [2.24, 2.45) is 0 Å². The molecule has 1 aromatic heterocycles. The molecule has 1 heterocycles. The zero-order chi connectivity index (χ0) is 12.5. The highest BCUT2D eigenvalue weighted by molar-refractivity contribution is 5.76. The zero-order valence-electron chi connectivity index (χ0n) is 9.88. The number of amides is 1. The van der Waals surface area contributed by atoms with E-state index in [2.05, 4.69) is 11.6 Å². The number of hydrogen-bond donors (Lipinski definition) is 1. The van der Waals surface area contributed by atoms with Crippen LogP contribution in [0.1, 0.15) is 12.1 Å². The lowest BCUT2D eigenvalue weighted by Crippen LogP contribution is -2.33. The van der Waals surface area contributed by atoms with E-state index in [1.165, 1.54) is 0 Å². The van der Waals surface area contributed by atoms with Crippen LogP contribution in [0.3, 0.4) is 0 Å². The second-order valence-corrected chi connectivity index (χ2v) is 3.67. The lowest BCUT2D eigenvalue weighted by molar-refractivity contribution is -0.131. The van der Waals surface area contributed by atoms with Crippen LogP contribution < -0.4 is 0 Å². The Morgan fingerprint density at radius 2 is 2.35 bits per heavy atom. The predicted molar refractivity (Wildman–Crippen MR) is 66.4 cm³/mol. The van der Waals surface area contributed by atoms with Crippen LogP contribution in [0.15, 0.2) is 37.1 Å². The molecule has 0 aliphatic heterocycles. The number of aliphatic hydroxyl groups excluding tert-OH is 1. The molecule has 0 radical (unpaired) electrons. The summed E-state index contributed by atoms with van der Waals surface area (Å²) < 4.78 is 0. The largest absolute Gasteiger partial charge is 0.395 e. The molecule has 0 bridgehead atoms. The Balaban J connectivity index is 2.44. The number of aryl methyl sites for hydroxylation is 1. The number of aromatic nitrogens is 1. The van der Waals surface area contributed by atoms with E-state index in [1.54, 1.807) is 17.2 Å². The Labute approximate surface area is 102 Å². The molecule has 0 atom stereocenters. The quantitative estimate of drug-likeness (QED) is 0.717. The van der Waals surface area contributed by atoms with Crippen molar-refractivity contribution in [3.05, 3.63) is 42.7 Å². The van der Waals surface area contributed by atoms with Crippen LogP contribution in [0, 0.1) is 0 Å². The number of hydrogen-bond acceptors (Lipinski definition) is 3. The first-order valence-corrected chi connectivity index (χ1v) is 5.67. The van der Waals surface area contributed by atoms with E-state index in [4.69, 9.17) is 5.11 Å². The van der Waals surface area contributed by atoms with E-state index >= 15 is 0 Å². The Hall–Kier alpha value is -1.68. The SMILES string of the molecule is C=CCN(CCO)C(=O)CCc1ccccn1. The smallest absolute Gasteiger partial charge is 0.223 e. The van der Waals surface area contributed by atoms with E-state index < -0.39 is 0 Å². The second-order valence-electron chi connectivity index (χ2n) is 3.67. The van der Waals surface area contributed by atoms with Gasteiger partial charge >= 0.3 is 0 Å². The number of rotatable bonds is 7. The number of carbonyl (C=O) groups is 1. The van der Waals surface area contributed by atoms with Crippen molar-refractivity contribution < 1.29 is 9.90 Å². The third-order valence-corrected chi connectivity index (χ3v) is 2.39. The van der Waals surface area contributed by atoms with Crippen molar-refractivity contribution in [1.82, 2.24) is 9.88 Å². The summed E-state index contributed by atoms with van der Waals surface area (Å²) in [5.74, 6) is 0.0182. The van der Waals surface area contributed by atoms with Gasteiger partial charge in [0.2, 0.25) is 5.91 Å². The van der Waals surface area contributed by atoms with Crippen molar-refractivity contribution in [2.45, 2.75) is 12.8 Å². The average molecular weight is 234 g/mol. The van der Waals surface area contributed by atoms with E-state index in [9.17, 15) is 4.79 Å². The Morgan fingerprint density at radius 3 is 2.94 bits per heavy atom. The van der Waals surface area contributed by atoms with Gasteiger partial charge in [-0.25, -0.2) is 0 Å². The molecule has 0 aliphatic carbocycles. The number of aliphatic hydroxyl groups is 1. The first-order valence-electron chi connectivity index (χ1n) is 5.67. The third kappa shape index (κ3) is 4.78. The van der Waals surface area contributed by atoms with Crippen LogP contribution in [0.4, 0.5) is 0 Å². The Kier molecular flexibility index (Phi) is 5.96. The molecule has 92 valence electrons. The predicted octanol–water partition coefficient (Wildman–Crippen LogP) is 1.02. The molecule has 0 fully saturated rings. The van der Waals surface area contributed by atoms with Gasteiger partial charge in [-0.2, -0.15) is 0 Å². The van der Waals surface area contributed by atoms with E-state index in [-0.39, 0.29) is 12.5 Å². The fraction of sp³-hybridized carbons (Fsp3) is 0.385. The summed E-state index contributed by atoms with van der Waals surface area (Å²) in [5, 5.41) is 8.86. The molecule has 0 aromatic carbocycles. The first-order chi connectivity index (χ1) is 8.27. The minimum Gasteiger partial charge on any atom is -0.395 e. The molecule has 1 N–H and O–H groups in total. The van der Waals surface area contributed by atoms with Gasteiger partial charge in [0.25, 0.3) is 0 Å². The molecule has 4 nitrogen and oxygen atoms in total. The highest BCUT2D eigenvalue weighted by Crippen LogP contribution is 2.02. The molecule has 0 unspecified atom stereocenters. The molecular formula is C13H18N2O2. The highest BCUT2D eigenvalue weighted by atomic mass is 16.3. The van der Waals surface area contributed by atoms with Gasteiger partial charge in [0.1, 0.15) is 0 Å². The summed E-state index contributed by atoms with van der Waals surface area (Å²) in [5.41, 5.74) is 0.906. The zero-order valence-corrected chi connectivity index (χ0v) is 9.88. The van der Waals surface area contributed by atoms with Crippen LogP contribution in [-0.4, -0.2) is 40.6 Å². The van der Waals surface area contributed by atoms with Gasteiger partial charge < -0.3 is 10.0 Å². The van der Waals surface area contributed by atoms with E-state index in [1.807, 2.05) is 18.2 Å². The fourth-order valence-electron chi connectivity index (χ4n) is 1.53. The second kappa shape index (κ2) is 7.57. The van der Waals surface area contributed by atoms with Crippen LogP contribution in [0.5, 0.6) is 0 Å². The van der Waals surface area contributed by atoms with Crippen LogP contribution in [-0.2, 0) is 11.2 Å². The molecule has 4 heteroatoms. The highest BCUT2D eigenvalue weighted by Gasteiger charge is 2.11. The number of pyridine rings is 1. The Morgan fingerprint density at radius 1 is 1.53 bits per heavy atom. The minimum absolute atomic E-state index is 0.0182. The topological polar surface area (TPSA) is 53.4 Å². The maximum absolute atomic E-state index is 11.8. The molecule has 1 rings (SSSR count). The monoisotopic (exact) mass is 234 g/mol. The van der Waals surface area contributed by atoms with Gasteiger partial charge in [-0.05, 0) is 18.6 Å². The van der Waals surface area contributed by atoms with E-state index in [0.717, 1.165) is 5.69 Å². The molecule has 0 spiro atoms. The maximum atomic E-state index is 11.8. The molecule has 0 saturated heterocycles. The third-order valence-electron chi connectivity index (χ3n) is 2.39. The van der Waals surface area contributed by atoms with Crippen molar-refractivity contribution in [1.29, 1.82) is 0 Å². The van der Waals surface area contributed by atoms with Crippen molar-refractivity contribution in [3.8, 4) is 0 Å². The lowest BCUT2D eigenvalue weighted by Gasteiger charge is -2.19. The number of nitrogens with zero attached hydrogens (tertiary/aromatic N) is 2. The molecule has 17 heavy (non-hydrogen) atoms. The van der Waals surface area contributed by atoms with Gasteiger partial charge in [-0.3, -0.25) is 9.78 Å². The summed E-state index contributed by atoms with van der Waals surface area (Å²) in [7, 11) is 0. The molecule has 0 saturated carbocycles. The van der Waals surface area contributed by atoms with E-state index in [0.29, 0.717) is 25.9 Å². The molecule has 0 aliphatic rings. The van der Waals surface area contributed by atoms with Gasteiger partial charge in [-0.15, -0.1) is 6.58 Å². The van der Waals surface area contributed by atoms with Gasteiger partial charge in [0, 0.05) is 31.4 Å². The fourth-order valence-corrected chi connectivity index (χ4v) is 1.53. The molecule has 1 amide bonds. The van der Waals surface area contributed by atoms with Crippen LogP contribution >= 0.6 is 0 Å². The van der Waals surface area contributed by atoms with Crippen molar-refractivity contribution in [2.75, 3.05) is 19.7 Å². The summed E-state index contributed by atoms with van der Waals surface area (Å²) in [4.78, 5) is 17.6. The van der Waals surface area contributed by atoms with Crippen molar-refractivity contribution in [3.63, 3.8) is 0 Å². The van der Waals surface area contributed by atoms with Gasteiger partial charge in [0.05, 0.1) is 6.61 Å². The standard InChI is InChI=1S/C13H18N2O2/c1-2-9-15(10-11-16)13(17)7-6-12-5-3-4-8-14-12/h2-5,8,16H,1,6-7,9-11H2.